The average molecular weight is 404 g/mol. The number of fused-ring (bicyclic) bond motifs is 1. The Morgan fingerprint density at radius 1 is 1.11 bits per heavy atom. The van der Waals surface area contributed by atoms with Gasteiger partial charge >= 0.3 is 0 Å². The average Bonchev–Trinajstić information content (AvgIpc) is 2.71. The van der Waals surface area contributed by atoms with Gasteiger partial charge in [-0.2, -0.15) is 0 Å². The summed E-state index contributed by atoms with van der Waals surface area (Å²) in [5.41, 5.74) is 1.20. The van der Waals surface area contributed by atoms with Crippen molar-refractivity contribution in [3.05, 3.63) is 60.2 Å². The monoisotopic (exact) mass is 403 g/mol. The molecule has 3 rings (SSSR count). The van der Waals surface area contributed by atoms with E-state index in [4.69, 9.17) is 8.92 Å². The van der Waals surface area contributed by atoms with Crippen LogP contribution in [0, 0.1) is 0 Å². The molecule has 0 amide bonds. The Morgan fingerprint density at radius 3 is 2.32 bits per heavy atom. The third kappa shape index (κ3) is 10.0. The van der Waals surface area contributed by atoms with Gasteiger partial charge < -0.3 is 14.2 Å². The van der Waals surface area contributed by atoms with Crippen molar-refractivity contribution < 1.29 is 8.92 Å². The van der Waals surface area contributed by atoms with Crippen molar-refractivity contribution in [2.75, 3.05) is 5.75 Å². The van der Waals surface area contributed by atoms with Gasteiger partial charge in [-0.05, 0) is 26.3 Å². The van der Waals surface area contributed by atoms with Gasteiger partial charge in [0.05, 0.1) is 18.1 Å². The summed E-state index contributed by atoms with van der Waals surface area (Å²) < 4.78 is 11.6. The summed E-state index contributed by atoms with van der Waals surface area (Å²) in [5, 5.41) is 3.63. The van der Waals surface area contributed by atoms with E-state index >= 15 is 0 Å². The second-order valence-corrected chi connectivity index (χ2v) is 7.41. The largest absolute Gasteiger partial charge is 0.491 e. The van der Waals surface area contributed by atoms with Gasteiger partial charge in [-0.15, -0.1) is 0 Å². The van der Waals surface area contributed by atoms with Gasteiger partial charge in [0.25, 0.3) is 0 Å². The standard InChI is InChI=1S/C16H25NO2S.C6H6.C2H6/c1-4-5-6-14-11-20-19-16-9-15(18-12(2)3)8-7-13(16)10-17-14;1-2-4-6-5-3-1;1-2/h7-9,12,14,17H,4-6,10-11H2,1-3H3;1-6H;1-2H3. The maximum absolute atomic E-state index is 5.86. The first-order chi connectivity index (χ1) is 13.7. The maximum Gasteiger partial charge on any atom is 0.145 e. The minimum absolute atomic E-state index is 0.186. The molecule has 1 aliphatic rings. The van der Waals surface area contributed by atoms with Crippen LogP contribution in [0.4, 0.5) is 0 Å². The fourth-order valence-electron chi connectivity index (χ4n) is 2.62. The van der Waals surface area contributed by atoms with E-state index in [-0.39, 0.29) is 6.10 Å². The quantitative estimate of drug-likeness (QED) is 0.551. The summed E-state index contributed by atoms with van der Waals surface area (Å²) in [6.07, 6.45) is 3.92. The Bertz CT molecular complexity index is 593. The predicted octanol–water partition coefficient (Wildman–Crippen LogP) is 6.88. The Labute approximate surface area is 176 Å². The molecule has 0 saturated heterocycles. The molecule has 3 nitrogen and oxygen atoms in total. The predicted molar refractivity (Wildman–Crippen MR) is 123 cm³/mol. The Hall–Kier alpha value is -1.65. The summed E-state index contributed by atoms with van der Waals surface area (Å²) in [4.78, 5) is 0. The molecule has 0 aromatic heterocycles. The van der Waals surface area contributed by atoms with Crippen LogP contribution < -0.4 is 14.2 Å². The van der Waals surface area contributed by atoms with Crippen LogP contribution in [-0.2, 0) is 6.54 Å². The molecule has 0 radical (unpaired) electrons. The highest BCUT2D eigenvalue weighted by Crippen LogP contribution is 2.30. The van der Waals surface area contributed by atoms with Crippen molar-refractivity contribution in [2.24, 2.45) is 0 Å². The van der Waals surface area contributed by atoms with E-state index in [2.05, 4.69) is 18.3 Å². The number of rotatable bonds is 5. The highest BCUT2D eigenvalue weighted by Gasteiger charge is 2.16. The van der Waals surface area contributed by atoms with Crippen molar-refractivity contribution in [1.29, 1.82) is 0 Å². The third-order valence-corrected chi connectivity index (χ3v) is 4.82. The zero-order valence-corrected chi connectivity index (χ0v) is 18.9. The van der Waals surface area contributed by atoms with Crippen molar-refractivity contribution in [1.82, 2.24) is 5.32 Å². The minimum Gasteiger partial charge on any atom is -0.491 e. The van der Waals surface area contributed by atoms with Gasteiger partial charge in [0, 0.05) is 30.0 Å². The second kappa shape index (κ2) is 15.3. The van der Waals surface area contributed by atoms with E-state index in [1.807, 2.05) is 76.2 Å². The van der Waals surface area contributed by atoms with Crippen LogP contribution in [0.2, 0.25) is 0 Å². The zero-order chi connectivity index (χ0) is 20.6. The highest BCUT2D eigenvalue weighted by molar-refractivity contribution is 7.95. The molecule has 0 fully saturated rings. The fourth-order valence-corrected chi connectivity index (χ4v) is 3.42. The van der Waals surface area contributed by atoms with Crippen molar-refractivity contribution in [2.45, 2.75) is 72.6 Å². The summed E-state index contributed by atoms with van der Waals surface area (Å²) in [5.74, 6) is 2.80. The summed E-state index contributed by atoms with van der Waals surface area (Å²) in [6, 6.07) is 18.7. The first-order valence-electron chi connectivity index (χ1n) is 10.5. The lowest BCUT2D eigenvalue weighted by Crippen LogP contribution is -2.32. The van der Waals surface area contributed by atoms with Crippen LogP contribution in [0.1, 0.15) is 59.4 Å². The number of hydrogen-bond donors (Lipinski definition) is 1. The zero-order valence-electron chi connectivity index (χ0n) is 18.1. The van der Waals surface area contributed by atoms with E-state index < -0.39 is 0 Å². The Balaban J connectivity index is 0.000000411. The fraction of sp³-hybridized carbons (Fsp3) is 0.500. The summed E-state index contributed by atoms with van der Waals surface area (Å²) in [7, 11) is 0. The number of benzene rings is 2. The van der Waals surface area contributed by atoms with Gasteiger partial charge in [-0.1, -0.05) is 76.1 Å². The van der Waals surface area contributed by atoms with Crippen molar-refractivity contribution in [3.8, 4) is 11.5 Å². The molecule has 1 heterocycles. The topological polar surface area (TPSA) is 30.5 Å². The van der Waals surface area contributed by atoms with Crippen LogP contribution in [0.15, 0.2) is 54.6 Å². The molecule has 1 atom stereocenters. The molecular weight excluding hydrogens is 366 g/mol. The molecular formula is C24H37NO2S. The van der Waals surface area contributed by atoms with Crippen molar-refractivity contribution >= 4 is 12.0 Å². The van der Waals surface area contributed by atoms with Crippen LogP contribution >= 0.6 is 12.0 Å². The molecule has 156 valence electrons. The molecule has 0 saturated carbocycles. The second-order valence-electron chi connectivity index (χ2n) is 6.68. The molecule has 1 unspecified atom stereocenters. The minimum atomic E-state index is 0.186. The SMILES string of the molecule is CC.CCCCC1CSOc2cc(OC(C)C)ccc2CN1.c1ccccc1. The van der Waals surface area contributed by atoms with Gasteiger partial charge in [-0.25, -0.2) is 0 Å². The van der Waals surface area contributed by atoms with E-state index in [0.29, 0.717) is 6.04 Å². The van der Waals surface area contributed by atoms with Crippen LogP contribution in [0.3, 0.4) is 0 Å². The summed E-state index contributed by atoms with van der Waals surface area (Å²) >= 11 is 1.54. The maximum atomic E-state index is 5.86. The molecule has 1 aliphatic heterocycles. The van der Waals surface area contributed by atoms with Gasteiger partial charge in [-0.3, -0.25) is 0 Å². The number of nitrogens with one attached hydrogen (secondary N) is 1. The number of ether oxygens (including phenoxy) is 1. The lowest BCUT2D eigenvalue weighted by atomic mass is 10.1. The molecule has 2 aromatic carbocycles. The van der Waals surface area contributed by atoms with Gasteiger partial charge in [0.1, 0.15) is 11.5 Å². The normalized spacial score (nSPS) is 15.4. The lowest BCUT2D eigenvalue weighted by molar-refractivity contribution is 0.242. The molecule has 4 heteroatoms. The Morgan fingerprint density at radius 2 is 1.75 bits per heavy atom. The van der Waals surface area contributed by atoms with Crippen LogP contribution in [0.25, 0.3) is 0 Å². The Kier molecular flexibility index (Phi) is 13.3. The molecule has 0 spiro atoms. The smallest absolute Gasteiger partial charge is 0.145 e. The van der Waals surface area contributed by atoms with Crippen molar-refractivity contribution in [3.63, 3.8) is 0 Å². The number of hydrogen-bond acceptors (Lipinski definition) is 4. The van der Waals surface area contributed by atoms with E-state index in [1.165, 1.54) is 36.9 Å². The molecule has 1 N–H and O–H groups in total. The van der Waals surface area contributed by atoms with Gasteiger partial charge in [0.2, 0.25) is 0 Å². The highest BCUT2D eigenvalue weighted by atomic mass is 32.2. The van der Waals surface area contributed by atoms with E-state index in [0.717, 1.165) is 23.8 Å². The lowest BCUT2D eigenvalue weighted by Gasteiger charge is -2.23. The molecule has 0 bridgehead atoms. The van der Waals surface area contributed by atoms with E-state index in [1.54, 1.807) is 0 Å². The molecule has 0 aliphatic carbocycles. The summed E-state index contributed by atoms with van der Waals surface area (Å²) in [6.45, 7) is 11.2. The number of unbranched alkanes of at least 4 members (excludes halogenated alkanes) is 1. The molecule has 28 heavy (non-hydrogen) atoms. The van der Waals surface area contributed by atoms with E-state index in [9.17, 15) is 0 Å². The van der Waals surface area contributed by atoms with Crippen LogP contribution in [-0.4, -0.2) is 17.9 Å². The first-order valence-corrected chi connectivity index (χ1v) is 11.4. The van der Waals surface area contributed by atoms with Crippen LogP contribution in [0.5, 0.6) is 11.5 Å². The molecule has 2 aromatic rings. The third-order valence-electron chi connectivity index (χ3n) is 3.98. The first kappa shape index (κ1) is 24.4. The van der Waals surface area contributed by atoms with Gasteiger partial charge in [0.15, 0.2) is 0 Å².